The van der Waals surface area contributed by atoms with Crippen LogP contribution in [-0.4, -0.2) is 17.0 Å². The highest BCUT2D eigenvalue weighted by atomic mass is 16.4. The smallest absolute Gasteiger partial charge is 0.314 e. The Balaban J connectivity index is 2.01. The van der Waals surface area contributed by atoms with Crippen molar-refractivity contribution in [1.82, 2.24) is 0 Å². The molecule has 0 spiro atoms. The molecular formula is C14H15NO3. The summed E-state index contributed by atoms with van der Waals surface area (Å²) in [4.78, 5) is 22.8. The second-order valence-corrected chi connectivity index (χ2v) is 5.16. The van der Waals surface area contributed by atoms with Gasteiger partial charge in [-0.2, -0.15) is 0 Å². The molecule has 1 aliphatic heterocycles. The van der Waals surface area contributed by atoms with E-state index < -0.39 is 11.4 Å². The number of carbonyl (C=O) groups is 2. The Kier molecular flexibility index (Phi) is 2.40. The first-order chi connectivity index (χ1) is 8.62. The van der Waals surface area contributed by atoms with Crippen LogP contribution in [-0.2, 0) is 21.4 Å². The summed E-state index contributed by atoms with van der Waals surface area (Å²) in [6.07, 6.45) is 3.58. The van der Waals surface area contributed by atoms with Gasteiger partial charge in [-0.1, -0.05) is 18.6 Å². The van der Waals surface area contributed by atoms with E-state index in [-0.39, 0.29) is 5.91 Å². The van der Waals surface area contributed by atoms with Crippen LogP contribution in [0.5, 0.6) is 0 Å². The molecule has 4 heteroatoms. The van der Waals surface area contributed by atoms with Crippen LogP contribution < -0.4 is 5.32 Å². The van der Waals surface area contributed by atoms with Crippen LogP contribution in [0.1, 0.15) is 36.8 Å². The second kappa shape index (κ2) is 3.83. The molecule has 0 unspecified atom stereocenters. The predicted molar refractivity (Wildman–Crippen MR) is 66.6 cm³/mol. The van der Waals surface area contributed by atoms with Crippen LogP contribution in [0.25, 0.3) is 0 Å². The molecule has 1 aromatic rings. The van der Waals surface area contributed by atoms with E-state index in [9.17, 15) is 14.7 Å². The molecule has 0 atom stereocenters. The van der Waals surface area contributed by atoms with Crippen LogP contribution in [0.4, 0.5) is 5.69 Å². The molecule has 0 saturated heterocycles. The molecular weight excluding hydrogens is 230 g/mol. The van der Waals surface area contributed by atoms with Crippen molar-refractivity contribution in [3.8, 4) is 0 Å². The number of hydrogen-bond donors (Lipinski definition) is 2. The van der Waals surface area contributed by atoms with Crippen molar-refractivity contribution in [1.29, 1.82) is 0 Å². The summed E-state index contributed by atoms with van der Waals surface area (Å²) in [5.74, 6) is -0.742. The fourth-order valence-corrected chi connectivity index (χ4v) is 2.83. The Morgan fingerprint density at radius 1 is 1.28 bits per heavy atom. The number of carboxylic acid groups (broad SMARTS) is 1. The molecule has 94 valence electrons. The van der Waals surface area contributed by atoms with E-state index in [0.717, 1.165) is 29.7 Å². The SMILES string of the molecule is O=C1CCc2ccc(C3(C(=O)O)CCC3)cc2N1. The number of carbonyl (C=O) groups excluding carboxylic acids is 1. The summed E-state index contributed by atoms with van der Waals surface area (Å²) < 4.78 is 0. The van der Waals surface area contributed by atoms with Crippen molar-refractivity contribution in [2.75, 3.05) is 5.32 Å². The Morgan fingerprint density at radius 2 is 2.06 bits per heavy atom. The number of nitrogens with one attached hydrogen (secondary N) is 1. The fourth-order valence-electron chi connectivity index (χ4n) is 2.83. The summed E-state index contributed by atoms with van der Waals surface area (Å²) in [5.41, 5.74) is 1.98. The number of hydrogen-bond acceptors (Lipinski definition) is 2. The zero-order chi connectivity index (χ0) is 12.8. The topological polar surface area (TPSA) is 66.4 Å². The maximum absolute atomic E-state index is 11.4. The third-order valence-electron chi connectivity index (χ3n) is 4.17. The van der Waals surface area contributed by atoms with Gasteiger partial charge in [0.2, 0.25) is 5.91 Å². The molecule has 1 heterocycles. The zero-order valence-electron chi connectivity index (χ0n) is 10.0. The van der Waals surface area contributed by atoms with Gasteiger partial charge < -0.3 is 10.4 Å². The van der Waals surface area contributed by atoms with E-state index in [2.05, 4.69) is 5.32 Å². The highest BCUT2D eigenvalue weighted by Gasteiger charge is 2.46. The summed E-state index contributed by atoms with van der Waals surface area (Å²) in [5, 5.41) is 12.2. The molecule has 1 saturated carbocycles. The summed E-state index contributed by atoms with van der Waals surface area (Å²) in [7, 11) is 0. The molecule has 1 amide bonds. The third-order valence-corrected chi connectivity index (χ3v) is 4.17. The van der Waals surface area contributed by atoms with Crippen molar-refractivity contribution in [2.45, 2.75) is 37.5 Å². The molecule has 0 bridgehead atoms. The maximum Gasteiger partial charge on any atom is 0.314 e. The van der Waals surface area contributed by atoms with Gasteiger partial charge in [0, 0.05) is 12.1 Å². The van der Waals surface area contributed by atoms with Gasteiger partial charge >= 0.3 is 5.97 Å². The number of fused-ring (bicyclic) bond motifs is 1. The fraction of sp³-hybridized carbons (Fsp3) is 0.429. The molecule has 1 fully saturated rings. The van der Waals surface area contributed by atoms with Crippen molar-refractivity contribution in [3.63, 3.8) is 0 Å². The van der Waals surface area contributed by atoms with Crippen molar-refractivity contribution >= 4 is 17.6 Å². The van der Waals surface area contributed by atoms with Crippen LogP contribution in [0.3, 0.4) is 0 Å². The van der Waals surface area contributed by atoms with Gasteiger partial charge in [0.15, 0.2) is 0 Å². The van der Waals surface area contributed by atoms with Crippen LogP contribution in [0.2, 0.25) is 0 Å². The number of aryl methyl sites for hydroxylation is 1. The first-order valence-electron chi connectivity index (χ1n) is 6.28. The van der Waals surface area contributed by atoms with Gasteiger partial charge in [-0.05, 0) is 36.5 Å². The Bertz CT molecular complexity index is 532. The normalized spacial score (nSPS) is 20.6. The van der Waals surface area contributed by atoms with Crippen LogP contribution >= 0.6 is 0 Å². The number of amides is 1. The summed E-state index contributed by atoms with van der Waals surface area (Å²) in [6, 6.07) is 5.70. The number of anilines is 1. The minimum absolute atomic E-state index is 0.0117. The van der Waals surface area contributed by atoms with Gasteiger partial charge in [0.25, 0.3) is 0 Å². The van der Waals surface area contributed by atoms with E-state index in [0.29, 0.717) is 19.3 Å². The minimum Gasteiger partial charge on any atom is -0.481 e. The standard InChI is InChI=1S/C14H15NO3/c16-12-5-3-9-2-4-10(8-11(9)15-12)14(13(17)18)6-1-7-14/h2,4,8H,1,3,5-7H2,(H,15,16)(H,17,18). The van der Waals surface area contributed by atoms with Gasteiger partial charge in [0.1, 0.15) is 0 Å². The van der Waals surface area contributed by atoms with Crippen molar-refractivity contribution in [2.24, 2.45) is 0 Å². The molecule has 2 N–H and O–H groups in total. The summed E-state index contributed by atoms with van der Waals surface area (Å²) >= 11 is 0. The lowest BCUT2D eigenvalue weighted by atomic mass is 9.64. The van der Waals surface area contributed by atoms with Crippen molar-refractivity contribution < 1.29 is 14.7 Å². The van der Waals surface area contributed by atoms with E-state index in [4.69, 9.17) is 0 Å². The van der Waals surface area contributed by atoms with Gasteiger partial charge in [-0.15, -0.1) is 0 Å². The second-order valence-electron chi connectivity index (χ2n) is 5.16. The largest absolute Gasteiger partial charge is 0.481 e. The molecule has 2 aliphatic rings. The molecule has 0 radical (unpaired) electrons. The monoisotopic (exact) mass is 245 g/mol. The van der Waals surface area contributed by atoms with E-state index in [1.807, 2.05) is 18.2 Å². The lowest BCUT2D eigenvalue weighted by Gasteiger charge is -2.38. The first kappa shape index (κ1) is 11.3. The van der Waals surface area contributed by atoms with Gasteiger partial charge in [-0.25, -0.2) is 0 Å². The average molecular weight is 245 g/mol. The number of carboxylic acids is 1. The number of rotatable bonds is 2. The molecule has 1 aliphatic carbocycles. The Labute approximate surface area is 105 Å². The molecule has 18 heavy (non-hydrogen) atoms. The lowest BCUT2D eigenvalue weighted by Crippen LogP contribution is -2.42. The summed E-state index contributed by atoms with van der Waals surface area (Å²) in [6.45, 7) is 0. The Hall–Kier alpha value is -1.84. The highest BCUT2D eigenvalue weighted by molar-refractivity contribution is 5.94. The molecule has 3 rings (SSSR count). The van der Waals surface area contributed by atoms with E-state index in [1.165, 1.54) is 0 Å². The molecule has 1 aromatic carbocycles. The Morgan fingerprint density at radius 3 is 2.67 bits per heavy atom. The number of aliphatic carboxylic acids is 1. The van der Waals surface area contributed by atoms with E-state index in [1.54, 1.807) is 0 Å². The molecule has 4 nitrogen and oxygen atoms in total. The third kappa shape index (κ3) is 1.52. The zero-order valence-corrected chi connectivity index (χ0v) is 10.0. The first-order valence-corrected chi connectivity index (χ1v) is 6.28. The van der Waals surface area contributed by atoms with Crippen LogP contribution in [0.15, 0.2) is 18.2 Å². The minimum atomic E-state index is -0.754. The molecule has 0 aromatic heterocycles. The van der Waals surface area contributed by atoms with Gasteiger partial charge in [0.05, 0.1) is 5.41 Å². The van der Waals surface area contributed by atoms with Crippen LogP contribution in [0, 0.1) is 0 Å². The average Bonchev–Trinajstić information content (AvgIpc) is 2.26. The van der Waals surface area contributed by atoms with E-state index >= 15 is 0 Å². The quantitative estimate of drug-likeness (QED) is 0.838. The highest BCUT2D eigenvalue weighted by Crippen LogP contribution is 2.45. The number of benzene rings is 1. The predicted octanol–water partition coefficient (Wildman–Crippen LogP) is 2.08. The maximum atomic E-state index is 11.4. The van der Waals surface area contributed by atoms with Crippen molar-refractivity contribution in [3.05, 3.63) is 29.3 Å². The lowest BCUT2D eigenvalue weighted by molar-refractivity contribution is -0.147. The van der Waals surface area contributed by atoms with Gasteiger partial charge in [-0.3, -0.25) is 9.59 Å².